The molecule has 0 spiro atoms. The molecule has 1 aromatic rings. The minimum atomic E-state index is -0.549. The summed E-state index contributed by atoms with van der Waals surface area (Å²) in [6.45, 7) is 2.36. The van der Waals surface area contributed by atoms with Gasteiger partial charge in [0.1, 0.15) is 5.75 Å². The third-order valence-electron chi connectivity index (χ3n) is 8.02. The average molecular weight is 341 g/mol. The molecule has 1 N–H and O–H groups in total. The maximum absolute atomic E-state index is 12.1. The number of methoxy groups -OCH3 is 1. The van der Waals surface area contributed by atoms with Gasteiger partial charge in [-0.1, -0.05) is 25.3 Å². The van der Waals surface area contributed by atoms with Crippen LogP contribution in [-0.4, -0.2) is 41.8 Å². The van der Waals surface area contributed by atoms with E-state index in [0.29, 0.717) is 6.04 Å². The molecule has 136 valence electrons. The fourth-order valence-electron chi connectivity index (χ4n) is 6.44. The van der Waals surface area contributed by atoms with Crippen LogP contribution in [0.3, 0.4) is 0 Å². The van der Waals surface area contributed by atoms with Crippen LogP contribution in [0, 0.1) is 5.92 Å². The van der Waals surface area contributed by atoms with E-state index in [2.05, 4.69) is 23.1 Å². The summed E-state index contributed by atoms with van der Waals surface area (Å²) < 4.78 is 5.53. The molecule has 3 nitrogen and oxygen atoms in total. The first-order valence-electron chi connectivity index (χ1n) is 10.3. The predicted molar refractivity (Wildman–Crippen MR) is 99.1 cm³/mol. The number of likely N-dealkylation sites (tertiary alicyclic amines) is 1. The second-order valence-corrected chi connectivity index (χ2v) is 9.00. The van der Waals surface area contributed by atoms with Gasteiger partial charge in [-0.3, -0.25) is 4.90 Å². The number of nitrogens with zero attached hydrogens (tertiary/aromatic N) is 1. The number of hydrogen-bond donors (Lipinski definition) is 1. The highest BCUT2D eigenvalue weighted by Gasteiger charge is 2.63. The Morgan fingerprint density at radius 2 is 2.00 bits per heavy atom. The van der Waals surface area contributed by atoms with E-state index in [0.717, 1.165) is 43.9 Å². The van der Waals surface area contributed by atoms with Crippen molar-refractivity contribution in [2.75, 3.05) is 20.2 Å². The van der Waals surface area contributed by atoms with E-state index >= 15 is 0 Å². The maximum Gasteiger partial charge on any atom is 0.119 e. The SMILES string of the molecule is COc1ccc2c(c1)C13CCCC[C@@]1(O)[C@@H](C2)N(CC1CCC1)CC3. The van der Waals surface area contributed by atoms with Crippen LogP contribution >= 0.6 is 0 Å². The third kappa shape index (κ3) is 2.18. The molecular weight excluding hydrogens is 310 g/mol. The minimum Gasteiger partial charge on any atom is -0.497 e. The van der Waals surface area contributed by atoms with Gasteiger partial charge in [0.05, 0.1) is 12.7 Å². The molecule has 1 aromatic carbocycles. The van der Waals surface area contributed by atoms with Gasteiger partial charge in [0.15, 0.2) is 0 Å². The normalized spacial score (nSPS) is 37.8. The quantitative estimate of drug-likeness (QED) is 0.910. The summed E-state index contributed by atoms with van der Waals surface area (Å²) in [6, 6.07) is 6.92. The second kappa shape index (κ2) is 5.72. The molecular formula is C22H31NO2. The highest BCUT2D eigenvalue weighted by atomic mass is 16.5. The smallest absolute Gasteiger partial charge is 0.119 e. The Kier molecular flexibility index (Phi) is 3.69. The van der Waals surface area contributed by atoms with Gasteiger partial charge in [-0.05, 0) is 74.2 Å². The zero-order chi connectivity index (χ0) is 17.1. The molecule has 25 heavy (non-hydrogen) atoms. The van der Waals surface area contributed by atoms with E-state index in [1.54, 1.807) is 7.11 Å². The van der Waals surface area contributed by atoms with E-state index < -0.39 is 5.60 Å². The first-order valence-corrected chi connectivity index (χ1v) is 10.3. The first-order chi connectivity index (χ1) is 12.2. The standard InChI is InChI=1S/C22H31NO2/c1-25-18-8-7-17-13-20-22(24)10-3-2-9-21(22,19(17)14-18)11-12-23(20)15-16-5-4-6-16/h7-8,14,16,20,24H,2-6,9-13,15H2,1H3/t20-,21?,22-/m1/s1. The highest BCUT2D eigenvalue weighted by molar-refractivity contribution is 5.48. The molecule has 2 bridgehead atoms. The van der Waals surface area contributed by atoms with Crippen LogP contribution in [0.1, 0.15) is 62.5 Å². The van der Waals surface area contributed by atoms with Gasteiger partial charge < -0.3 is 9.84 Å². The van der Waals surface area contributed by atoms with E-state index in [-0.39, 0.29) is 5.41 Å². The van der Waals surface area contributed by atoms with Crippen molar-refractivity contribution in [3.05, 3.63) is 29.3 Å². The van der Waals surface area contributed by atoms with E-state index in [4.69, 9.17) is 4.74 Å². The summed E-state index contributed by atoms with van der Waals surface area (Å²) in [5, 5.41) is 12.1. The summed E-state index contributed by atoms with van der Waals surface area (Å²) in [5.74, 6) is 1.81. The lowest BCUT2D eigenvalue weighted by Gasteiger charge is -2.64. The van der Waals surface area contributed by atoms with Crippen LogP contribution in [0.2, 0.25) is 0 Å². The van der Waals surface area contributed by atoms with Crippen molar-refractivity contribution < 1.29 is 9.84 Å². The van der Waals surface area contributed by atoms with Gasteiger partial charge in [0.25, 0.3) is 0 Å². The lowest BCUT2D eigenvalue weighted by atomic mass is 9.49. The Morgan fingerprint density at radius 3 is 2.76 bits per heavy atom. The molecule has 0 amide bonds. The minimum absolute atomic E-state index is 0.0475. The number of ether oxygens (including phenoxy) is 1. The highest BCUT2D eigenvalue weighted by Crippen LogP contribution is 2.58. The fraction of sp³-hybridized carbons (Fsp3) is 0.727. The summed E-state index contributed by atoms with van der Waals surface area (Å²) >= 11 is 0. The molecule has 1 unspecified atom stereocenters. The topological polar surface area (TPSA) is 32.7 Å². The molecule has 4 aliphatic rings. The van der Waals surface area contributed by atoms with Crippen molar-refractivity contribution in [3.8, 4) is 5.75 Å². The molecule has 0 radical (unpaired) electrons. The van der Waals surface area contributed by atoms with Crippen LogP contribution < -0.4 is 4.74 Å². The predicted octanol–water partition coefficient (Wildman–Crippen LogP) is 3.67. The van der Waals surface area contributed by atoms with Crippen molar-refractivity contribution in [1.29, 1.82) is 0 Å². The van der Waals surface area contributed by atoms with E-state index in [1.165, 1.54) is 49.8 Å². The summed E-state index contributed by atoms with van der Waals surface area (Å²) in [5.41, 5.74) is 2.25. The van der Waals surface area contributed by atoms with Crippen LogP contribution in [-0.2, 0) is 11.8 Å². The lowest BCUT2D eigenvalue weighted by Crippen LogP contribution is -2.72. The van der Waals surface area contributed by atoms with Crippen LogP contribution in [0.15, 0.2) is 18.2 Å². The van der Waals surface area contributed by atoms with Crippen LogP contribution in [0.25, 0.3) is 0 Å². The molecule has 3 fully saturated rings. The van der Waals surface area contributed by atoms with E-state index in [9.17, 15) is 5.11 Å². The number of aliphatic hydroxyl groups is 1. The van der Waals surface area contributed by atoms with Gasteiger partial charge in [0.2, 0.25) is 0 Å². The number of piperidine rings is 1. The van der Waals surface area contributed by atoms with Crippen molar-refractivity contribution in [2.24, 2.45) is 5.92 Å². The van der Waals surface area contributed by atoms with Crippen LogP contribution in [0.5, 0.6) is 5.75 Å². The van der Waals surface area contributed by atoms with Gasteiger partial charge in [-0.15, -0.1) is 0 Å². The Hall–Kier alpha value is -1.06. The molecule has 3 atom stereocenters. The van der Waals surface area contributed by atoms with Crippen molar-refractivity contribution in [2.45, 2.75) is 74.8 Å². The molecule has 0 aromatic heterocycles. The molecule has 5 rings (SSSR count). The number of benzene rings is 1. The van der Waals surface area contributed by atoms with Gasteiger partial charge in [-0.2, -0.15) is 0 Å². The molecule has 1 aliphatic heterocycles. The third-order valence-corrected chi connectivity index (χ3v) is 8.02. The molecule has 1 heterocycles. The lowest BCUT2D eigenvalue weighted by molar-refractivity contribution is -0.169. The number of hydrogen-bond acceptors (Lipinski definition) is 3. The summed E-state index contributed by atoms with van der Waals surface area (Å²) in [4.78, 5) is 2.67. The number of fused-ring (bicyclic) bond motifs is 1. The van der Waals surface area contributed by atoms with Crippen molar-refractivity contribution in [1.82, 2.24) is 4.90 Å². The zero-order valence-corrected chi connectivity index (χ0v) is 15.5. The van der Waals surface area contributed by atoms with Gasteiger partial charge in [-0.25, -0.2) is 0 Å². The van der Waals surface area contributed by atoms with E-state index in [1.807, 2.05) is 0 Å². The molecule has 3 aliphatic carbocycles. The Bertz CT molecular complexity index is 670. The molecule has 2 saturated carbocycles. The Morgan fingerprint density at radius 1 is 1.16 bits per heavy atom. The Balaban J connectivity index is 1.58. The fourth-order valence-corrected chi connectivity index (χ4v) is 6.44. The van der Waals surface area contributed by atoms with Crippen molar-refractivity contribution in [3.63, 3.8) is 0 Å². The summed E-state index contributed by atoms with van der Waals surface area (Å²) in [6.07, 6.45) is 10.8. The van der Waals surface area contributed by atoms with Crippen molar-refractivity contribution >= 4 is 0 Å². The molecule has 1 saturated heterocycles. The Labute approximate surface area is 151 Å². The van der Waals surface area contributed by atoms with Crippen LogP contribution in [0.4, 0.5) is 0 Å². The first kappa shape index (κ1) is 16.1. The van der Waals surface area contributed by atoms with Gasteiger partial charge >= 0.3 is 0 Å². The van der Waals surface area contributed by atoms with Gasteiger partial charge in [0, 0.05) is 18.0 Å². The average Bonchev–Trinajstić information content (AvgIpc) is 2.59. The maximum atomic E-state index is 12.1. The number of rotatable bonds is 3. The monoisotopic (exact) mass is 341 g/mol. The molecule has 3 heteroatoms. The largest absolute Gasteiger partial charge is 0.497 e. The summed E-state index contributed by atoms with van der Waals surface area (Å²) in [7, 11) is 1.75. The second-order valence-electron chi connectivity index (χ2n) is 9.00. The zero-order valence-electron chi connectivity index (χ0n) is 15.5.